The number of fused-ring (bicyclic) bond motifs is 1. The van der Waals surface area contributed by atoms with E-state index in [9.17, 15) is 4.79 Å². The minimum Gasteiger partial charge on any atom is -0.459 e. The molecule has 1 aromatic carbocycles. The van der Waals surface area contributed by atoms with Crippen molar-refractivity contribution in [1.82, 2.24) is 15.1 Å². The van der Waals surface area contributed by atoms with Crippen LogP contribution in [0.2, 0.25) is 0 Å². The summed E-state index contributed by atoms with van der Waals surface area (Å²) in [4.78, 5) is 14.7. The van der Waals surface area contributed by atoms with E-state index in [1.807, 2.05) is 23.1 Å². The molecule has 0 unspecified atom stereocenters. The first-order chi connectivity index (χ1) is 16.1. The highest BCUT2D eigenvalue weighted by atomic mass is 16.7. The minimum absolute atomic E-state index is 0.125. The Bertz CT molecular complexity index is 1090. The van der Waals surface area contributed by atoms with E-state index in [0.717, 1.165) is 44.4 Å². The Morgan fingerprint density at radius 1 is 1.12 bits per heavy atom. The molecule has 1 N–H and O–H groups in total. The van der Waals surface area contributed by atoms with Crippen LogP contribution in [0.3, 0.4) is 0 Å². The van der Waals surface area contributed by atoms with Crippen molar-refractivity contribution in [2.45, 2.75) is 57.8 Å². The maximum Gasteiger partial charge on any atom is 0.283 e. The maximum atomic E-state index is 12.8. The lowest BCUT2D eigenvalue weighted by Crippen LogP contribution is -2.40. The zero-order valence-electron chi connectivity index (χ0n) is 18.7. The molecule has 1 aliphatic carbocycles. The molecule has 2 aromatic heterocycles. The van der Waals surface area contributed by atoms with Gasteiger partial charge in [0, 0.05) is 24.6 Å². The lowest BCUT2D eigenvalue weighted by atomic mass is 9.94. The third kappa shape index (κ3) is 4.88. The monoisotopic (exact) mass is 452 g/mol. The predicted molar refractivity (Wildman–Crippen MR) is 120 cm³/mol. The normalized spacial score (nSPS) is 16.4. The van der Waals surface area contributed by atoms with Gasteiger partial charge in [0.25, 0.3) is 11.7 Å². The zero-order valence-corrected chi connectivity index (χ0v) is 18.7. The Morgan fingerprint density at radius 3 is 2.76 bits per heavy atom. The number of hydrogen-bond donors (Lipinski definition) is 1. The van der Waals surface area contributed by atoms with Gasteiger partial charge in [-0.2, -0.15) is 0 Å². The van der Waals surface area contributed by atoms with Crippen molar-refractivity contribution in [1.29, 1.82) is 0 Å². The summed E-state index contributed by atoms with van der Waals surface area (Å²) < 4.78 is 23.3. The smallest absolute Gasteiger partial charge is 0.283 e. The van der Waals surface area contributed by atoms with Crippen molar-refractivity contribution < 1.29 is 23.1 Å². The summed E-state index contributed by atoms with van der Waals surface area (Å²) in [6.07, 6.45) is 7.66. The molecule has 0 saturated heterocycles. The molecular formula is C24H28N4O5. The maximum absolute atomic E-state index is 12.8. The van der Waals surface area contributed by atoms with Gasteiger partial charge in [-0.3, -0.25) is 9.69 Å². The fraction of sp³-hybridized carbons (Fsp3) is 0.458. The molecule has 3 aromatic rings. The van der Waals surface area contributed by atoms with Crippen LogP contribution in [0.1, 0.15) is 51.3 Å². The van der Waals surface area contributed by atoms with Gasteiger partial charge < -0.3 is 23.6 Å². The average molecular weight is 453 g/mol. The molecular weight excluding hydrogens is 424 g/mol. The number of nitrogens with one attached hydrogen (secondary N) is 1. The molecule has 1 spiro atoms. The number of hydrogen-bond acceptors (Lipinski definition) is 8. The Balaban J connectivity index is 1.19. The van der Waals surface area contributed by atoms with Crippen LogP contribution in [-0.4, -0.2) is 39.9 Å². The number of benzene rings is 1. The second-order valence-electron chi connectivity index (χ2n) is 8.57. The lowest BCUT2D eigenvalue weighted by Gasteiger charge is -2.31. The van der Waals surface area contributed by atoms with Gasteiger partial charge in [-0.15, -0.1) is 10.2 Å². The molecule has 1 amide bonds. The summed E-state index contributed by atoms with van der Waals surface area (Å²) in [6.45, 7) is 3.35. The van der Waals surface area contributed by atoms with Crippen LogP contribution in [0.4, 0.5) is 5.69 Å². The Kier molecular flexibility index (Phi) is 6.04. The summed E-state index contributed by atoms with van der Waals surface area (Å²) in [5.41, 5.74) is 0.685. The second kappa shape index (κ2) is 9.27. The summed E-state index contributed by atoms with van der Waals surface area (Å²) in [5.74, 6) is 2.06. The minimum atomic E-state index is -0.528. The largest absolute Gasteiger partial charge is 0.459 e. The van der Waals surface area contributed by atoms with Crippen molar-refractivity contribution in [2.75, 3.05) is 18.4 Å². The molecule has 0 atom stereocenters. The van der Waals surface area contributed by atoms with Crippen LogP contribution in [0, 0.1) is 0 Å². The van der Waals surface area contributed by atoms with Crippen molar-refractivity contribution in [3.05, 3.63) is 42.5 Å². The summed E-state index contributed by atoms with van der Waals surface area (Å²) >= 11 is 0. The van der Waals surface area contributed by atoms with E-state index in [1.165, 1.54) is 6.42 Å². The van der Waals surface area contributed by atoms with Crippen LogP contribution in [0.5, 0.6) is 11.5 Å². The highest BCUT2D eigenvalue weighted by Gasteiger charge is 2.42. The molecule has 5 rings (SSSR count). The zero-order chi connectivity index (χ0) is 22.7. The lowest BCUT2D eigenvalue weighted by molar-refractivity contribution is -0.117. The summed E-state index contributed by atoms with van der Waals surface area (Å²) in [7, 11) is 0. The molecule has 1 saturated carbocycles. The number of nitrogens with zero attached hydrogens (tertiary/aromatic N) is 3. The molecule has 2 aliphatic rings. The number of furan rings is 1. The average Bonchev–Trinajstić information content (AvgIpc) is 3.54. The molecule has 0 radical (unpaired) electrons. The number of amides is 1. The standard InChI is InChI=1S/C24H28N4O5/c1-2-12-28(16-22-26-27-23(31-22)19-7-6-13-30-19)15-21(29)25-17-8-9-18-20(14-17)33-24(32-18)10-4-3-5-11-24/h6-9,13-14H,2-5,10-12,15-16H2,1H3,(H,25,29). The van der Waals surface area contributed by atoms with E-state index >= 15 is 0 Å². The Morgan fingerprint density at radius 2 is 1.97 bits per heavy atom. The highest BCUT2D eigenvalue weighted by molar-refractivity contribution is 5.92. The molecule has 1 aliphatic heterocycles. The van der Waals surface area contributed by atoms with Crippen LogP contribution >= 0.6 is 0 Å². The molecule has 9 nitrogen and oxygen atoms in total. The van der Waals surface area contributed by atoms with E-state index < -0.39 is 5.79 Å². The van der Waals surface area contributed by atoms with Crippen molar-refractivity contribution in [3.63, 3.8) is 0 Å². The van der Waals surface area contributed by atoms with Crippen LogP contribution in [0.25, 0.3) is 11.7 Å². The molecule has 174 valence electrons. The first kappa shape index (κ1) is 21.5. The molecule has 9 heteroatoms. The highest BCUT2D eigenvalue weighted by Crippen LogP contribution is 2.46. The first-order valence-corrected chi connectivity index (χ1v) is 11.5. The van der Waals surface area contributed by atoms with Crippen LogP contribution in [0.15, 0.2) is 45.4 Å². The van der Waals surface area contributed by atoms with Gasteiger partial charge in [0.05, 0.1) is 19.4 Å². The molecule has 3 heterocycles. The van der Waals surface area contributed by atoms with E-state index in [2.05, 4.69) is 22.4 Å². The fourth-order valence-electron chi connectivity index (χ4n) is 4.41. The fourth-order valence-corrected chi connectivity index (χ4v) is 4.41. The first-order valence-electron chi connectivity index (χ1n) is 11.5. The van der Waals surface area contributed by atoms with Gasteiger partial charge in [0.15, 0.2) is 17.3 Å². The number of ether oxygens (including phenoxy) is 2. The Hall–Kier alpha value is -3.33. The number of carbonyl (C=O) groups is 1. The van der Waals surface area contributed by atoms with Gasteiger partial charge in [0.2, 0.25) is 11.8 Å². The van der Waals surface area contributed by atoms with Crippen molar-refractivity contribution in [2.24, 2.45) is 0 Å². The summed E-state index contributed by atoms with van der Waals surface area (Å²) in [6, 6.07) is 9.08. The van der Waals surface area contributed by atoms with E-state index in [0.29, 0.717) is 35.5 Å². The van der Waals surface area contributed by atoms with Crippen LogP contribution < -0.4 is 14.8 Å². The SMILES string of the molecule is CCCN(CC(=O)Nc1ccc2c(c1)OC1(CCCCC1)O2)Cc1nnc(-c2ccco2)o1. The molecule has 1 fully saturated rings. The van der Waals surface area contributed by atoms with E-state index in [-0.39, 0.29) is 12.5 Å². The third-order valence-electron chi connectivity index (χ3n) is 5.90. The number of anilines is 1. The van der Waals surface area contributed by atoms with E-state index in [1.54, 1.807) is 18.4 Å². The number of carbonyl (C=O) groups excluding carboxylic acids is 1. The van der Waals surface area contributed by atoms with Gasteiger partial charge in [-0.25, -0.2) is 0 Å². The Labute approximate surface area is 192 Å². The van der Waals surface area contributed by atoms with E-state index in [4.69, 9.17) is 18.3 Å². The van der Waals surface area contributed by atoms with Crippen LogP contribution in [-0.2, 0) is 11.3 Å². The quantitative estimate of drug-likeness (QED) is 0.528. The van der Waals surface area contributed by atoms with Gasteiger partial charge in [-0.05, 0) is 50.1 Å². The van der Waals surface area contributed by atoms with Gasteiger partial charge in [0.1, 0.15) is 0 Å². The van der Waals surface area contributed by atoms with Crippen molar-refractivity contribution >= 4 is 11.6 Å². The summed E-state index contributed by atoms with van der Waals surface area (Å²) in [5, 5.41) is 11.1. The van der Waals surface area contributed by atoms with Crippen molar-refractivity contribution in [3.8, 4) is 23.1 Å². The number of rotatable bonds is 8. The predicted octanol–water partition coefficient (Wildman–Crippen LogP) is 4.61. The third-order valence-corrected chi connectivity index (χ3v) is 5.90. The second-order valence-corrected chi connectivity index (χ2v) is 8.57. The molecule has 0 bridgehead atoms. The van der Waals surface area contributed by atoms with Gasteiger partial charge >= 0.3 is 0 Å². The van der Waals surface area contributed by atoms with Gasteiger partial charge in [-0.1, -0.05) is 13.3 Å². The number of aromatic nitrogens is 2. The topological polar surface area (TPSA) is 103 Å². The molecule has 33 heavy (non-hydrogen) atoms.